The number of rotatable bonds is 7. The minimum absolute atomic E-state index is 0.0438. The molecule has 3 N–H and O–H groups in total. The van der Waals surface area contributed by atoms with Gasteiger partial charge < -0.3 is 16.0 Å². The fourth-order valence-corrected chi connectivity index (χ4v) is 2.58. The van der Waals surface area contributed by atoms with Crippen molar-refractivity contribution in [2.75, 3.05) is 26.2 Å². The van der Waals surface area contributed by atoms with Gasteiger partial charge in [-0.1, -0.05) is 19.8 Å². The van der Waals surface area contributed by atoms with Crippen LogP contribution in [0.1, 0.15) is 45.4 Å². The van der Waals surface area contributed by atoms with Gasteiger partial charge in [-0.2, -0.15) is 0 Å². The van der Waals surface area contributed by atoms with Gasteiger partial charge in [-0.3, -0.25) is 9.59 Å². The third-order valence-electron chi connectivity index (χ3n) is 3.70. The fraction of sp³-hybridized carbons (Fsp3) is 0.857. The highest BCUT2D eigenvalue weighted by molar-refractivity contribution is 5.80. The topological polar surface area (TPSA) is 75.4 Å². The first kappa shape index (κ1) is 16.0. The molecule has 1 heterocycles. The average Bonchev–Trinajstić information content (AvgIpc) is 2.61. The average molecular weight is 269 g/mol. The van der Waals surface area contributed by atoms with Crippen molar-refractivity contribution >= 4 is 11.8 Å². The minimum atomic E-state index is 0.0438. The molecule has 0 aromatic carbocycles. The van der Waals surface area contributed by atoms with E-state index in [9.17, 15) is 9.59 Å². The zero-order valence-corrected chi connectivity index (χ0v) is 12.0. The number of nitrogens with zero attached hydrogens (tertiary/aromatic N) is 1. The predicted octanol–water partition coefficient (Wildman–Crippen LogP) is 0.880. The number of amides is 2. The first-order chi connectivity index (χ1) is 9.17. The highest BCUT2D eigenvalue weighted by Gasteiger charge is 2.19. The summed E-state index contributed by atoms with van der Waals surface area (Å²) in [7, 11) is 0. The molecule has 1 atom stereocenters. The summed E-state index contributed by atoms with van der Waals surface area (Å²) >= 11 is 0. The molecule has 1 saturated heterocycles. The van der Waals surface area contributed by atoms with Crippen molar-refractivity contribution in [1.82, 2.24) is 10.2 Å². The van der Waals surface area contributed by atoms with E-state index in [-0.39, 0.29) is 11.8 Å². The lowest BCUT2D eigenvalue weighted by atomic mass is 9.94. The van der Waals surface area contributed by atoms with Crippen LogP contribution in [0.15, 0.2) is 0 Å². The number of carbonyl (C=O) groups excluding carboxylic acids is 2. The van der Waals surface area contributed by atoms with Gasteiger partial charge in [0.05, 0.1) is 0 Å². The molecule has 0 radical (unpaired) electrons. The summed E-state index contributed by atoms with van der Waals surface area (Å²) in [6.07, 6.45) is 5.21. The van der Waals surface area contributed by atoms with Crippen LogP contribution in [0.3, 0.4) is 0 Å². The Balaban J connectivity index is 2.34. The lowest BCUT2D eigenvalue weighted by molar-refractivity contribution is -0.131. The van der Waals surface area contributed by atoms with Crippen molar-refractivity contribution in [3.8, 4) is 0 Å². The van der Waals surface area contributed by atoms with Crippen LogP contribution in [0, 0.1) is 5.92 Å². The quantitative estimate of drug-likeness (QED) is 0.720. The SMILES string of the molecule is CCCC(CCN)CCC(=O)N1CCNC(=O)CC1. The van der Waals surface area contributed by atoms with Crippen LogP contribution in [0.5, 0.6) is 0 Å². The molecule has 1 rings (SSSR count). The molecule has 110 valence electrons. The van der Waals surface area contributed by atoms with Crippen LogP contribution in [-0.2, 0) is 9.59 Å². The summed E-state index contributed by atoms with van der Waals surface area (Å²) in [5, 5.41) is 2.79. The molecule has 0 bridgehead atoms. The third kappa shape index (κ3) is 6.05. The summed E-state index contributed by atoms with van der Waals surface area (Å²) in [6.45, 7) is 4.63. The Morgan fingerprint density at radius 1 is 1.37 bits per heavy atom. The molecule has 5 heteroatoms. The van der Waals surface area contributed by atoms with Crippen LogP contribution in [0.2, 0.25) is 0 Å². The van der Waals surface area contributed by atoms with Gasteiger partial charge in [0.1, 0.15) is 0 Å². The van der Waals surface area contributed by atoms with Crippen molar-refractivity contribution in [2.24, 2.45) is 11.7 Å². The van der Waals surface area contributed by atoms with Gasteiger partial charge in [0.15, 0.2) is 0 Å². The van der Waals surface area contributed by atoms with Gasteiger partial charge >= 0.3 is 0 Å². The Kier molecular flexibility index (Phi) is 7.48. The zero-order chi connectivity index (χ0) is 14.1. The van der Waals surface area contributed by atoms with Crippen LogP contribution in [0.25, 0.3) is 0 Å². The van der Waals surface area contributed by atoms with Gasteiger partial charge in [0, 0.05) is 32.5 Å². The van der Waals surface area contributed by atoms with E-state index >= 15 is 0 Å². The minimum Gasteiger partial charge on any atom is -0.354 e. The molecule has 0 saturated carbocycles. The second kappa shape index (κ2) is 8.91. The fourth-order valence-electron chi connectivity index (χ4n) is 2.58. The second-order valence-corrected chi connectivity index (χ2v) is 5.25. The maximum absolute atomic E-state index is 12.1. The molecule has 2 amide bonds. The van der Waals surface area contributed by atoms with E-state index in [2.05, 4.69) is 12.2 Å². The maximum atomic E-state index is 12.1. The van der Waals surface area contributed by atoms with E-state index in [4.69, 9.17) is 5.73 Å². The summed E-state index contributed by atoms with van der Waals surface area (Å²) in [4.78, 5) is 25.2. The van der Waals surface area contributed by atoms with Crippen LogP contribution in [0.4, 0.5) is 0 Å². The van der Waals surface area contributed by atoms with Gasteiger partial charge in [-0.05, 0) is 25.3 Å². The second-order valence-electron chi connectivity index (χ2n) is 5.25. The highest BCUT2D eigenvalue weighted by atomic mass is 16.2. The summed E-state index contributed by atoms with van der Waals surface area (Å²) in [5.41, 5.74) is 5.60. The number of hydrogen-bond acceptors (Lipinski definition) is 3. The molecule has 5 nitrogen and oxygen atoms in total. The molecule has 0 aromatic rings. The first-order valence-corrected chi connectivity index (χ1v) is 7.42. The van der Waals surface area contributed by atoms with E-state index in [1.54, 1.807) is 0 Å². The van der Waals surface area contributed by atoms with Crippen molar-refractivity contribution in [2.45, 2.75) is 45.4 Å². The molecule has 1 aliphatic heterocycles. The molecule has 1 fully saturated rings. The van der Waals surface area contributed by atoms with E-state index in [0.717, 1.165) is 25.7 Å². The predicted molar refractivity (Wildman–Crippen MR) is 75.5 cm³/mol. The highest BCUT2D eigenvalue weighted by Crippen LogP contribution is 2.17. The Bertz CT molecular complexity index is 288. The molecule has 19 heavy (non-hydrogen) atoms. The molecular weight excluding hydrogens is 242 g/mol. The van der Waals surface area contributed by atoms with Gasteiger partial charge in [0.2, 0.25) is 11.8 Å². The Labute approximate surface area is 115 Å². The van der Waals surface area contributed by atoms with E-state index in [0.29, 0.717) is 44.9 Å². The Morgan fingerprint density at radius 2 is 2.16 bits per heavy atom. The molecule has 1 aliphatic rings. The Hall–Kier alpha value is -1.10. The van der Waals surface area contributed by atoms with Crippen molar-refractivity contribution in [3.63, 3.8) is 0 Å². The zero-order valence-electron chi connectivity index (χ0n) is 12.0. The monoisotopic (exact) mass is 269 g/mol. The van der Waals surface area contributed by atoms with Gasteiger partial charge in [0.25, 0.3) is 0 Å². The first-order valence-electron chi connectivity index (χ1n) is 7.42. The van der Waals surface area contributed by atoms with Crippen molar-refractivity contribution < 1.29 is 9.59 Å². The molecular formula is C14H27N3O2. The standard InChI is InChI=1S/C14H27N3O2/c1-2-3-12(6-8-15)4-5-14(19)17-10-7-13(18)16-9-11-17/h12H,2-11,15H2,1H3,(H,16,18). The maximum Gasteiger partial charge on any atom is 0.222 e. The molecule has 1 unspecified atom stereocenters. The summed E-state index contributed by atoms with van der Waals surface area (Å²) in [5.74, 6) is 0.780. The summed E-state index contributed by atoms with van der Waals surface area (Å²) < 4.78 is 0. The largest absolute Gasteiger partial charge is 0.354 e. The van der Waals surface area contributed by atoms with Crippen molar-refractivity contribution in [1.29, 1.82) is 0 Å². The molecule has 0 aliphatic carbocycles. The normalized spacial score (nSPS) is 17.8. The van der Waals surface area contributed by atoms with E-state index in [1.807, 2.05) is 4.90 Å². The number of nitrogens with two attached hydrogens (primary N) is 1. The van der Waals surface area contributed by atoms with Crippen molar-refractivity contribution in [3.05, 3.63) is 0 Å². The van der Waals surface area contributed by atoms with Crippen LogP contribution in [-0.4, -0.2) is 42.9 Å². The number of hydrogen-bond donors (Lipinski definition) is 2. The lowest BCUT2D eigenvalue weighted by Crippen LogP contribution is -2.34. The molecule has 0 aromatic heterocycles. The van der Waals surface area contributed by atoms with E-state index in [1.165, 1.54) is 0 Å². The smallest absolute Gasteiger partial charge is 0.222 e. The molecule has 0 spiro atoms. The Morgan fingerprint density at radius 3 is 2.84 bits per heavy atom. The van der Waals surface area contributed by atoms with Crippen LogP contribution < -0.4 is 11.1 Å². The lowest BCUT2D eigenvalue weighted by Gasteiger charge is -2.21. The third-order valence-corrected chi connectivity index (χ3v) is 3.70. The summed E-state index contributed by atoms with van der Waals surface area (Å²) in [6, 6.07) is 0. The number of carbonyl (C=O) groups is 2. The van der Waals surface area contributed by atoms with Gasteiger partial charge in [-0.25, -0.2) is 0 Å². The number of nitrogens with one attached hydrogen (secondary N) is 1. The van der Waals surface area contributed by atoms with E-state index < -0.39 is 0 Å². The van der Waals surface area contributed by atoms with Gasteiger partial charge in [-0.15, -0.1) is 0 Å². The van der Waals surface area contributed by atoms with Crippen LogP contribution >= 0.6 is 0 Å².